The highest BCUT2D eigenvalue weighted by Crippen LogP contribution is 2.33. The van der Waals surface area contributed by atoms with Crippen LogP contribution in [0.3, 0.4) is 0 Å². The Hall–Kier alpha value is -3.24. The molecule has 10 heteroatoms. The highest BCUT2D eigenvalue weighted by Gasteiger charge is 2.35. The highest BCUT2D eigenvalue weighted by molar-refractivity contribution is 7.89. The third-order valence-corrected chi connectivity index (χ3v) is 9.20. The van der Waals surface area contributed by atoms with E-state index in [9.17, 15) is 12.8 Å². The minimum Gasteiger partial charge on any atom is -0.371 e. The second kappa shape index (κ2) is 8.95. The molecule has 1 aliphatic heterocycles. The molecule has 0 amide bonds. The van der Waals surface area contributed by atoms with Crippen molar-refractivity contribution >= 4 is 26.6 Å². The summed E-state index contributed by atoms with van der Waals surface area (Å²) in [6, 6.07) is 10.5. The Morgan fingerprint density at radius 3 is 2.51 bits per heavy atom. The van der Waals surface area contributed by atoms with Crippen LogP contribution in [0.15, 0.2) is 59.9 Å². The summed E-state index contributed by atoms with van der Waals surface area (Å²) in [6.07, 6.45) is 8.68. The van der Waals surface area contributed by atoms with E-state index in [1.165, 1.54) is 31.2 Å². The molecule has 1 saturated carbocycles. The summed E-state index contributed by atoms with van der Waals surface area (Å²) < 4.78 is 46.1. The molecular formula is C27H31FN6O2S. The zero-order valence-electron chi connectivity index (χ0n) is 21.1. The first-order valence-electron chi connectivity index (χ1n) is 12.7. The number of benzene rings is 2. The lowest BCUT2D eigenvalue weighted by Crippen LogP contribution is -2.53. The van der Waals surface area contributed by atoms with E-state index >= 15 is 0 Å². The van der Waals surface area contributed by atoms with Gasteiger partial charge in [-0.3, -0.25) is 4.68 Å². The summed E-state index contributed by atoms with van der Waals surface area (Å²) in [4.78, 5) is 2.55. The molecule has 194 valence electrons. The minimum atomic E-state index is -3.64. The molecule has 2 aliphatic rings. The highest BCUT2D eigenvalue weighted by atomic mass is 32.2. The summed E-state index contributed by atoms with van der Waals surface area (Å²) >= 11 is 0. The number of aryl methyl sites for hydroxylation is 1. The van der Waals surface area contributed by atoms with Crippen molar-refractivity contribution in [3.63, 3.8) is 0 Å². The van der Waals surface area contributed by atoms with E-state index in [0.29, 0.717) is 18.8 Å². The van der Waals surface area contributed by atoms with Crippen LogP contribution in [-0.4, -0.2) is 46.6 Å². The number of nitrogens with zero attached hydrogens (tertiary/aromatic N) is 5. The number of halogens is 1. The van der Waals surface area contributed by atoms with Gasteiger partial charge >= 0.3 is 0 Å². The maximum Gasteiger partial charge on any atom is 0.244 e. The number of aromatic nitrogens is 4. The number of nitrogens with one attached hydrogen (secondary N) is 1. The molecule has 2 aromatic carbocycles. The van der Waals surface area contributed by atoms with Gasteiger partial charge in [-0.15, -0.1) is 0 Å². The fraction of sp³-hybridized carbons (Fsp3) is 0.407. The molecule has 0 radical (unpaired) electrons. The van der Waals surface area contributed by atoms with Crippen LogP contribution in [0.25, 0.3) is 16.6 Å². The van der Waals surface area contributed by atoms with Crippen LogP contribution in [0, 0.1) is 18.7 Å². The Labute approximate surface area is 216 Å². The molecule has 1 N–H and O–H groups in total. The molecule has 0 atom stereocenters. The molecule has 3 heterocycles. The first-order chi connectivity index (χ1) is 17.7. The Kier molecular flexibility index (Phi) is 5.83. The number of sulfonamides is 1. The van der Waals surface area contributed by atoms with Gasteiger partial charge < -0.3 is 4.90 Å². The number of anilines is 1. The van der Waals surface area contributed by atoms with Gasteiger partial charge in [0.1, 0.15) is 10.7 Å². The van der Waals surface area contributed by atoms with Gasteiger partial charge in [0, 0.05) is 42.4 Å². The number of hydrogen-bond donors (Lipinski definition) is 1. The van der Waals surface area contributed by atoms with E-state index in [1.54, 1.807) is 23.0 Å². The molecular weight excluding hydrogens is 491 g/mol. The SMILES string of the molecule is Cc1cc2c(cnn2-c2ccc(F)cc2)cc1N1CCC(C)(NS(=O)(=O)c2cnn(CC3CC3)c2)CC1. The van der Waals surface area contributed by atoms with Gasteiger partial charge in [0.15, 0.2) is 0 Å². The van der Waals surface area contributed by atoms with Gasteiger partial charge in [-0.1, -0.05) is 0 Å². The maximum atomic E-state index is 13.4. The van der Waals surface area contributed by atoms with Gasteiger partial charge in [0.2, 0.25) is 10.0 Å². The quantitative estimate of drug-likeness (QED) is 0.389. The average molecular weight is 523 g/mol. The predicted octanol–water partition coefficient (Wildman–Crippen LogP) is 4.42. The Bertz CT molecular complexity index is 1550. The van der Waals surface area contributed by atoms with Crippen LogP contribution in [0.2, 0.25) is 0 Å². The van der Waals surface area contributed by atoms with Gasteiger partial charge in [-0.05, 0) is 87.4 Å². The topological polar surface area (TPSA) is 85.1 Å². The van der Waals surface area contributed by atoms with E-state index in [4.69, 9.17) is 0 Å². The summed E-state index contributed by atoms with van der Waals surface area (Å²) in [5.41, 5.74) is 3.48. The van der Waals surface area contributed by atoms with E-state index in [1.807, 2.05) is 17.8 Å². The van der Waals surface area contributed by atoms with Gasteiger partial charge in [0.05, 0.1) is 23.6 Å². The first kappa shape index (κ1) is 24.1. The normalized spacial score (nSPS) is 18.0. The lowest BCUT2D eigenvalue weighted by atomic mass is 9.90. The van der Waals surface area contributed by atoms with E-state index < -0.39 is 15.6 Å². The molecule has 8 nitrogen and oxygen atoms in total. The molecule has 37 heavy (non-hydrogen) atoms. The third kappa shape index (κ3) is 4.87. The lowest BCUT2D eigenvalue weighted by Gasteiger charge is -2.41. The van der Waals surface area contributed by atoms with Gasteiger partial charge in [0.25, 0.3) is 0 Å². The molecule has 6 rings (SSSR count). The Morgan fingerprint density at radius 2 is 1.81 bits per heavy atom. The van der Waals surface area contributed by atoms with Crippen molar-refractivity contribution in [2.45, 2.75) is 56.5 Å². The molecule has 0 unspecified atom stereocenters. The summed E-state index contributed by atoms with van der Waals surface area (Å²) in [5.74, 6) is 0.354. The molecule has 0 spiro atoms. The van der Waals surface area contributed by atoms with Crippen LogP contribution in [-0.2, 0) is 16.6 Å². The Balaban J connectivity index is 1.16. The fourth-order valence-electron chi connectivity index (χ4n) is 5.17. The van der Waals surface area contributed by atoms with Crippen molar-refractivity contribution in [1.29, 1.82) is 0 Å². The number of hydrogen-bond acceptors (Lipinski definition) is 5. The molecule has 1 aliphatic carbocycles. The zero-order valence-corrected chi connectivity index (χ0v) is 21.9. The second-order valence-corrected chi connectivity index (χ2v) is 12.4. The van der Waals surface area contributed by atoms with Crippen molar-refractivity contribution in [1.82, 2.24) is 24.3 Å². The lowest BCUT2D eigenvalue weighted by molar-refractivity contribution is 0.330. The fourth-order valence-corrected chi connectivity index (χ4v) is 6.59. The van der Waals surface area contributed by atoms with Gasteiger partial charge in [-0.25, -0.2) is 22.2 Å². The predicted molar refractivity (Wildman–Crippen MR) is 141 cm³/mol. The van der Waals surface area contributed by atoms with Crippen LogP contribution >= 0.6 is 0 Å². The molecule has 0 bridgehead atoms. The van der Waals surface area contributed by atoms with Crippen molar-refractivity contribution in [3.8, 4) is 5.69 Å². The van der Waals surface area contributed by atoms with Gasteiger partial charge in [-0.2, -0.15) is 10.2 Å². The van der Waals surface area contributed by atoms with Crippen LogP contribution in [0.5, 0.6) is 0 Å². The minimum absolute atomic E-state index is 0.233. The molecule has 1 saturated heterocycles. The van der Waals surface area contributed by atoms with E-state index in [2.05, 4.69) is 38.9 Å². The van der Waals surface area contributed by atoms with Crippen molar-refractivity contribution in [2.24, 2.45) is 5.92 Å². The van der Waals surface area contributed by atoms with E-state index in [0.717, 1.165) is 47.5 Å². The largest absolute Gasteiger partial charge is 0.371 e. The zero-order chi connectivity index (χ0) is 25.8. The molecule has 2 fully saturated rings. The number of fused-ring (bicyclic) bond motifs is 1. The van der Waals surface area contributed by atoms with E-state index in [-0.39, 0.29) is 10.7 Å². The molecule has 4 aromatic rings. The first-order valence-corrected chi connectivity index (χ1v) is 14.2. The van der Waals surface area contributed by atoms with Crippen LogP contribution in [0.1, 0.15) is 38.2 Å². The second-order valence-electron chi connectivity index (χ2n) is 10.7. The third-order valence-electron chi connectivity index (χ3n) is 7.61. The standard InChI is InChI=1S/C27H31FN6O2S/c1-19-13-26-21(15-30-34(26)23-7-5-22(28)6-8-23)14-25(19)32-11-9-27(2,10-12-32)31-37(35,36)24-16-29-33(18-24)17-20-3-4-20/h5-8,13-16,18,20,31H,3-4,9-12,17H2,1-2H3. The van der Waals surface area contributed by atoms with Crippen LogP contribution in [0.4, 0.5) is 10.1 Å². The Morgan fingerprint density at radius 1 is 1.08 bits per heavy atom. The number of rotatable bonds is 7. The number of piperidine rings is 1. The monoisotopic (exact) mass is 522 g/mol. The smallest absolute Gasteiger partial charge is 0.244 e. The van der Waals surface area contributed by atoms with Crippen molar-refractivity contribution in [3.05, 3.63) is 66.4 Å². The summed E-state index contributed by atoms with van der Waals surface area (Å²) in [6.45, 7) is 6.32. The summed E-state index contributed by atoms with van der Waals surface area (Å²) in [5, 5.41) is 9.79. The maximum absolute atomic E-state index is 13.4. The summed E-state index contributed by atoms with van der Waals surface area (Å²) in [7, 11) is -3.64. The van der Waals surface area contributed by atoms with Crippen molar-refractivity contribution in [2.75, 3.05) is 18.0 Å². The molecule has 2 aromatic heterocycles. The van der Waals surface area contributed by atoms with Crippen LogP contribution < -0.4 is 9.62 Å². The average Bonchev–Trinajstić information content (AvgIpc) is 3.37. The van der Waals surface area contributed by atoms with Crippen molar-refractivity contribution < 1.29 is 12.8 Å².